The largest absolute Gasteiger partial charge is 0.494 e. The van der Waals surface area contributed by atoms with Crippen LogP contribution in [0.1, 0.15) is 43.0 Å². The van der Waals surface area contributed by atoms with Gasteiger partial charge in [0, 0.05) is 12.4 Å². The monoisotopic (exact) mass is 284 g/mol. The van der Waals surface area contributed by atoms with Crippen molar-refractivity contribution in [3.63, 3.8) is 0 Å². The third-order valence-corrected chi connectivity index (χ3v) is 3.32. The molecule has 2 rings (SSSR count). The van der Waals surface area contributed by atoms with Gasteiger partial charge in [0.1, 0.15) is 5.75 Å². The molecule has 3 heteroatoms. The van der Waals surface area contributed by atoms with Gasteiger partial charge in [0.05, 0.1) is 12.6 Å². The third-order valence-electron chi connectivity index (χ3n) is 3.32. The molecule has 0 aliphatic carbocycles. The predicted octanol–water partition coefficient (Wildman–Crippen LogP) is 3.88. The second kappa shape index (κ2) is 7.79. The molecule has 0 saturated heterocycles. The van der Waals surface area contributed by atoms with Crippen LogP contribution in [-0.4, -0.2) is 18.1 Å². The van der Waals surface area contributed by atoms with E-state index in [1.165, 1.54) is 16.7 Å². The lowest BCUT2D eigenvalue weighted by Gasteiger charge is -2.19. The zero-order chi connectivity index (χ0) is 15.1. The fraction of sp³-hybridized carbons (Fsp3) is 0.389. The summed E-state index contributed by atoms with van der Waals surface area (Å²) in [6, 6.07) is 10.7. The van der Waals surface area contributed by atoms with Crippen molar-refractivity contribution in [3.05, 3.63) is 59.4 Å². The Kier molecular flexibility index (Phi) is 5.76. The van der Waals surface area contributed by atoms with Crippen LogP contribution >= 0.6 is 0 Å². The van der Waals surface area contributed by atoms with E-state index in [0.29, 0.717) is 0 Å². The smallest absolute Gasteiger partial charge is 0.119 e. The Balaban J connectivity index is 2.21. The first-order chi connectivity index (χ1) is 10.2. The molecule has 1 aromatic carbocycles. The zero-order valence-electron chi connectivity index (χ0n) is 13.1. The summed E-state index contributed by atoms with van der Waals surface area (Å²) >= 11 is 0. The summed E-state index contributed by atoms with van der Waals surface area (Å²) in [5, 5.41) is 3.52. The van der Waals surface area contributed by atoms with Gasteiger partial charge in [-0.3, -0.25) is 4.98 Å². The van der Waals surface area contributed by atoms with Crippen molar-refractivity contribution in [1.82, 2.24) is 10.3 Å². The van der Waals surface area contributed by atoms with Crippen molar-refractivity contribution in [2.45, 2.75) is 33.2 Å². The Bertz CT molecular complexity index is 551. The van der Waals surface area contributed by atoms with Gasteiger partial charge in [-0.1, -0.05) is 32.0 Å². The number of pyridine rings is 1. The third kappa shape index (κ3) is 4.30. The summed E-state index contributed by atoms with van der Waals surface area (Å²) in [6.45, 7) is 7.97. The van der Waals surface area contributed by atoms with Gasteiger partial charge in [-0.2, -0.15) is 0 Å². The molecule has 1 heterocycles. The molecule has 0 bridgehead atoms. The van der Waals surface area contributed by atoms with Gasteiger partial charge in [0.25, 0.3) is 0 Å². The number of aryl methyl sites for hydroxylation is 1. The first-order valence-corrected chi connectivity index (χ1v) is 7.62. The van der Waals surface area contributed by atoms with Crippen LogP contribution in [0.2, 0.25) is 0 Å². The van der Waals surface area contributed by atoms with Gasteiger partial charge in [-0.25, -0.2) is 0 Å². The Morgan fingerprint density at radius 1 is 1.10 bits per heavy atom. The maximum absolute atomic E-state index is 5.64. The van der Waals surface area contributed by atoms with Crippen LogP contribution in [-0.2, 0) is 0 Å². The molecule has 0 fully saturated rings. The minimum Gasteiger partial charge on any atom is -0.494 e. The lowest BCUT2D eigenvalue weighted by molar-refractivity contribution is 0.317. The second-order valence-corrected chi connectivity index (χ2v) is 5.20. The fourth-order valence-electron chi connectivity index (χ4n) is 2.34. The Morgan fingerprint density at radius 3 is 2.48 bits per heavy atom. The predicted molar refractivity (Wildman–Crippen MR) is 86.7 cm³/mol. The lowest BCUT2D eigenvalue weighted by atomic mass is 9.99. The molecule has 3 nitrogen and oxygen atoms in total. The number of benzene rings is 1. The normalized spacial score (nSPS) is 12.1. The summed E-state index contributed by atoms with van der Waals surface area (Å²) in [6.07, 6.45) is 4.84. The molecule has 21 heavy (non-hydrogen) atoms. The molecular formula is C18H24N2O. The Hall–Kier alpha value is -1.87. The maximum atomic E-state index is 5.64. The molecule has 1 N–H and O–H groups in total. The Morgan fingerprint density at radius 2 is 1.86 bits per heavy atom. The van der Waals surface area contributed by atoms with Crippen LogP contribution in [0.25, 0.3) is 0 Å². The van der Waals surface area contributed by atoms with Crippen molar-refractivity contribution in [3.8, 4) is 5.75 Å². The minimum atomic E-state index is 0.169. The van der Waals surface area contributed by atoms with Crippen LogP contribution in [0.5, 0.6) is 5.75 Å². The summed E-state index contributed by atoms with van der Waals surface area (Å²) < 4.78 is 5.64. The van der Waals surface area contributed by atoms with Crippen molar-refractivity contribution >= 4 is 0 Å². The molecule has 2 aromatic rings. The molecule has 0 aliphatic rings. The molecule has 1 atom stereocenters. The number of nitrogens with zero attached hydrogens (tertiary/aromatic N) is 1. The highest BCUT2D eigenvalue weighted by atomic mass is 16.5. The molecule has 0 spiro atoms. The van der Waals surface area contributed by atoms with Gasteiger partial charge in [0.2, 0.25) is 0 Å². The topological polar surface area (TPSA) is 34.1 Å². The average molecular weight is 284 g/mol. The summed E-state index contributed by atoms with van der Waals surface area (Å²) in [7, 11) is 0. The highest BCUT2D eigenvalue weighted by Crippen LogP contribution is 2.24. The van der Waals surface area contributed by atoms with E-state index < -0.39 is 0 Å². The second-order valence-electron chi connectivity index (χ2n) is 5.20. The van der Waals surface area contributed by atoms with Crippen molar-refractivity contribution in [2.24, 2.45) is 0 Å². The summed E-state index contributed by atoms with van der Waals surface area (Å²) in [4.78, 5) is 4.31. The van der Waals surface area contributed by atoms with Gasteiger partial charge < -0.3 is 10.1 Å². The number of hydrogen-bond donors (Lipinski definition) is 1. The SMILES string of the molecule is CCCOc1ccc(C(NCC)c2cncc(C)c2)cc1. The number of rotatable bonds is 7. The lowest BCUT2D eigenvalue weighted by Crippen LogP contribution is -2.22. The summed E-state index contributed by atoms with van der Waals surface area (Å²) in [5.74, 6) is 0.929. The highest BCUT2D eigenvalue weighted by molar-refractivity contribution is 5.35. The highest BCUT2D eigenvalue weighted by Gasteiger charge is 2.13. The van der Waals surface area contributed by atoms with Crippen molar-refractivity contribution < 1.29 is 4.74 Å². The molecule has 0 saturated carbocycles. The van der Waals surface area contributed by atoms with Crippen LogP contribution in [0, 0.1) is 6.92 Å². The first kappa shape index (κ1) is 15.5. The number of hydrogen-bond acceptors (Lipinski definition) is 3. The quantitative estimate of drug-likeness (QED) is 0.838. The van der Waals surface area contributed by atoms with Gasteiger partial charge in [-0.05, 0) is 48.7 Å². The summed E-state index contributed by atoms with van der Waals surface area (Å²) in [5.41, 5.74) is 3.60. The fourth-order valence-corrected chi connectivity index (χ4v) is 2.34. The average Bonchev–Trinajstić information content (AvgIpc) is 2.51. The van der Waals surface area contributed by atoms with Gasteiger partial charge in [-0.15, -0.1) is 0 Å². The van der Waals surface area contributed by atoms with Crippen LogP contribution in [0.15, 0.2) is 42.7 Å². The van der Waals surface area contributed by atoms with Gasteiger partial charge >= 0.3 is 0 Å². The molecular weight excluding hydrogens is 260 g/mol. The zero-order valence-corrected chi connectivity index (χ0v) is 13.1. The Labute approximate surface area is 127 Å². The van der Waals surface area contributed by atoms with E-state index in [0.717, 1.165) is 25.3 Å². The van der Waals surface area contributed by atoms with Crippen molar-refractivity contribution in [1.29, 1.82) is 0 Å². The number of aromatic nitrogens is 1. The van der Waals surface area contributed by atoms with Crippen LogP contribution in [0.4, 0.5) is 0 Å². The molecule has 1 aromatic heterocycles. The van der Waals surface area contributed by atoms with Crippen molar-refractivity contribution in [2.75, 3.05) is 13.2 Å². The molecule has 0 amide bonds. The molecule has 112 valence electrons. The minimum absolute atomic E-state index is 0.169. The van der Waals surface area contributed by atoms with E-state index in [9.17, 15) is 0 Å². The number of nitrogens with one attached hydrogen (secondary N) is 1. The van der Waals surface area contributed by atoms with E-state index in [4.69, 9.17) is 4.74 Å². The van der Waals surface area contributed by atoms with Gasteiger partial charge in [0.15, 0.2) is 0 Å². The van der Waals surface area contributed by atoms with Crippen LogP contribution < -0.4 is 10.1 Å². The molecule has 0 aliphatic heterocycles. The molecule has 1 unspecified atom stereocenters. The molecule has 0 radical (unpaired) electrons. The van der Waals surface area contributed by atoms with E-state index in [-0.39, 0.29) is 6.04 Å². The van der Waals surface area contributed by atoms with E-state index in [1.54, 1.807) is 0 Å². The van der Waals surface area contributed by atoms with E-state index in [1.807, 2.05) is 24.5 Å². The van der Waals surface area contributed by atoms with E-state index >= 15 is 0 Å². The maximum Gasteiger partial charge on any atom is 0.119 e. The van der Waals surface area contributed by atoms with E-state index in [2.05, 4.69) is 49.3 Å². The van der Waals surface area contributed by atoms with Crippen LogP contribution in [0.3, 0.4) is 0 Å². The standard InChI is InChI=1S/C18H24N2O/c1-4-10-21-17-8-6-15(7-9-17)18(20-5-2)16-11-14(3)12-19-13-16/h6-9,11-13,18,20H,4-5,10H2,1-3H3. The number of ether oxygens (including phenoxy) is 1. The first-order valence-electron chi connectivity index (χ1n) is 7.62.